The summed E-state index contributed by atoms with van der Waals surface area (Å²) in [6.07, 6.45) is 1.27. The molecule has 4 atom stereocenters. The van der Waals surface area contributed by atoms with Gasteiger partial charge >= 0.3 is 0 Å². The molecule has 2 aliphatic heterocycles. The van der Waals surface area contributed by atoms with Crippen LogP contribution < -0.4 is 25.2 Å². The number of benzene rings is 1. The fourth-order valence-electron chi connectivity index (χ4n) is 5.22. The van der Waals surface area contributed by atoms with E-state index in [9.17, 15) is 19.5 Å². The Morgan fingerprint density at radius 1 is 1.23 bits per heavy atom. The average Bonchev–Trinajstić information content (AvgIpc) is 3.71. The number of aliphatic hydroxyl groups is 1. The highest BCUT2D eigenvalue weighted by Gasteiger charge is 2.46. The molecule has 1 saturated carbocycles. The maximum Gasteiger partial charge on any atom is 0.270 e. The Morgan fingerprint density at radius 2 is 1.92 bits per heavy atom. The Labute approximate surface area is 231 Å². The van der Waals surface area contributed by atoms with Crippen molar-refractivity contribution in [3.63, 3.8) is 0 Å². The van der Waals surface area contributed by atoms with Gasteiger partial charge in [-0.1, -0.05) is 13.8 Å². The highest BCUT2D eigenvalue weighted by molar-refractivity contribution is 6.04. The van der Waals surface area contributed by atoms with E-state index in [2.05, 4.69) is 10.6 Å². The first kappa shape index (κ1) is 29.3. The lowest BCUT2D eigenvalue weighted by molar-refractivity contribution is -0.137. The van der Waals surface area contributed by atoms with Crippen LogP contribution in [0.5, 0.6) is 5.75 Å². The van der Waals surface area contributed by atoms with Crippen molar-refractivity contribution in [3.8, 4) is 5.75 Å². The predicted molar refractivity (Wildman–Crippen MR) is 149 cm³/mol. The molecule has 0 aromatic heterocycles. The minimum Gasteiger partial charge on any atom is -0.476 e. The van der Waals surface area contributed by atoms with Crippen LogP contribution in [0.4, 0.5) is 11.4 Å². The molecule has 1 aromatic rings. The second-order valence-electron chi connectivity index (χ2n) is 11.9. The summed E-state index contributed by atoms with van der Waals surface area (Å²) < 4.78 is 11.2. The zero-order valence-electron chi connectivity index (χ0n) is 24.0. The smallest absolute Gasteiger partial charge is 0.270 e. The summed E-state index contributed by atoms with van der Waals surface area (Å²) in [7, 11) is 1.63. The minimum atomic E-state index is -1.10. The molecule has 2 heterocycles. The van der Waals surface area contributed by atoms with Crippen LogP contribution in [0.25, 0.3) is 0 Å². The average molecular weight is 545 g/mol. The van der Waals surface area contributed by atoms with Crippen LogP contribution in [0.1, 0.15) is 53.9 Å². The van der Waals surface area contributed by atoms with E-state index >= 15 is 0 Å². The topological polar surface area (TPSA) is 120 Å². The number of fused-ring (bicyclic) bond motifs is 1. The Kier molecular flexibility index (Phi) is 8.88. The number of nitrogens with one attached hydrogen (secondary N) is 2. The standard InChI is InChI=1S/C29H44N4O6/c1-17(2)18(3)31-26(35)21-15-30-16-22(25(21)34)27(36)33(19-8-9-19)20-10-11-24-23(14-20)32(12-7-13-38-6)28(37)29(4,5)39-24/h10-11,14,17-19,21-22,25,30,34H,7-9,12-13,15-16H2,1-6H3,(H,31,35)/t18-,21+,22-,25+/m0/s1. The van der Waals surface area contributed by atoms with Crippen LogP contribution >= 0.6 is 0 Å². The molecule has 0 unspecified atom stereocenters. The SMILES string of the molecule is COCCCN1C(=O)C(C)(C)Oc2ccc(N(C(=O)[C@H]3CNC[C@@H](C(=O)N[C@@H](C)C(C)C)[C@H]3O)C3CC3)cc21. The van der Waals surface area contributed by atoms with Crippen LogP contribution in [0.2, 0.25) is 0 Å². The number of carbonyl (C=O) groups excluding carboxylic acids is 3. The van der Waals surface area contributed by atoms with E-state index in [-0.39, 0.29) is 42.3 Å². The van der Waals surface area contributed by atoms with Gasteiger partial charge in [0.15, 0.2) is 5.60 Å². The first-order valence-electron chi connectivity index (χ1n) is 14.1. The number of amides is 3. The molecular formula is C29H44N4O6. The number of hydrogen-bond acceptors (Lipinski definition) is 7. The predicted octanol–water partition coefficient (Wildman–Crippen LogP) is 2.08. The van der Waals surface area contributed by atoms with Crippen molar-refractivity contribution in [3.05, 3.63) is 18.2 Å². The van der Waals surface area contributed by atoms with E-state index in [4.69, 9.17) is 9.47 Å². The van der Waals surface area contributed by atoms with E-state index in [0.717, 1.165) is 12.8 Å². The molecule has 3 aliphatic rings. The Balaban J connectivity index is 1.59. The number of nitrogens with zero attached hydrogens (tertiary/aromatic N) is 2. The summed E-state index contributed by atoms with van der Waals surface area (Å²) in [6, 6.07) is 5.45. The number of carbonyl (C=O) groups is 3. The molecule has 1 saturated heterocycles. The third kappa shape index (κ3) is 6.23. The van der Waals surface area contributed by atoms with Crippen LogP contribution in [-0.2, 0) is 19.1 Å². The molecule has 216 valence electrons. The second kappa shape index (κ2) is 11.8. The molecule has 10 heteroatoms. The number of hydrogen-bond donors (Lipinski definition) is 3. The molecule has 39 heavy (non-hydrogen) atoms. The molecule has 10 nitrogen and oxygen atoms in total. The summed E-state index contributed by atoms with van der Waals surface area (Å²) in [5.74, 6) is -1.27. The monoisotopic (exact) mass is 544 g/mol. The van der Waals surface area contributed by atoms with Gasteiger partial charge in [0.25, 0.3) is 5.91 Å². The van der Waals surface area contributed by atoms with Crippen molar-refractivity contribution in [2.75, 3.05) is 43.2 Å². The van der Waals surface area contributed by atoms with Crippen molar-refractivity contribution >= 4 is 29.1 Å². The van der Waals surface area contributed by atoms with E-state index in [1.807, 2.05) is 39.0 Å². The second-order valence-corrected chi connectivity index (χ2v) is 11.9. The van der Waals surface area contributed by atoms with Gasteiger partial charge in [0.05, 0.1) is 23.6 Å². The van der Waals surface area contributed by atoms with Gasteiger partial charge in [0.2, 0.25) is 11.8 Å². The molecule has 4 rings (SSSR count). The quantitative estimate of drug-likeness (QED) is 0.386. The van der Waals surface area contributed by atoms with Crippen LogP contribution in [0.3, 0.4) is 0 Å². The van der Waals surface area contributed by atoms with Crippen molar-refractivity contribution in [1.29, 1.82) is 0 Å². The van der Waals surface area contributed by atoms with E-state index < -0.39 is 23.5 Å². The lowest BCUT2D eigenvalue weighted by Crippen LogP contribution is -2.58. The van der Waals surface area contributed by atoms with Crippen molar-refractivity contribution < 1.29 is 29.0 Å². The molecule has 1 aliphatic carbocycles. The number of methoxy groups -OCH3 is 1. The van der Waals surface area contributed by atoms with Gasteiger partial charge in [0, 0.05) is 51.1 Å². The number of ether oxygens (including phenoxy) is 2. The Bertz CT molecular complexity index is 1070. The molecule has 3 N–H and O–H groups in total. The van der Waals surface area contributed by atoms with Gasteiger partial charge in [-0.15, -0.1) is 0 Å². The van der Waals surface area contributed by atoms with Gasteiger partial charge < -0.3 is 35.0 Å². The summed E-state index contributed by atoms with van der Waals surface area (Å²) >= 11 is 0. The maximum atomic E-state index is 14.0. The molecule has 3 amide bonds. The third-order valence-corrected chi connectivity index (χ3v) is 8.09. The third-order valence-electron chi connectivity index (χ3n) is 8.09. The van der Waals surface area contributed by atoms with E-state index in [1.54, 1.807) is 30.8 Å². The number of rotatable bonds is 10. The van der Waals surface area contributed by atoms with Crippen LogP contribution in [0, 0.1) is 17.8 Å². The highest BCUT2D eigenvalue weighted by atomic mass is 16.5. The van der Waals surface area contributed by atoms with Crippen molar-refractivity contribution in [1.82, 2.24) is 10.6 Å². The maximum absolute atomic E-state index is 14.0. The molecule has 0 bridgehead atoms. The van der Waals surface area contributed by atoms with Gasteiger partial charge in [-0.3, -0.25) is 14.4 Å². The summed E-state index contributed by atoms with van der Waals surface area (Å²) in [4.78, 5) is 43.7. The summed E-state index contributed by atoms with van der Waals surface area (Å²) in [6.45, 7) is 11.1. The normalized spacial score (nSPS) is 25.1. The van der Waals surface area contributed by atoms with Gasteiger partial charge in [-0.05, 0) is 64.2 Å². The summed E-state index contributed by atoms with van der Waals surface area (Å²) in [5.41, 5.74) is 0.267. The molecule has 0 spiro atoms. The fraction of sp³-hybridized carbons (Fsp3) is 0.690. The minimum absolute atomic E-state index is 0.0107. The van der Waals surface area contributed by atoms with Crippen molar-refractivity contribution in [2.24, 2.45) is 17.8 Å². The lowest BCUT2D eigenvalue weighted by atomic mass is 9.85. The first-order valence-corrected chi connectivity index (χ1v) is 14.1. The highest BCUT2D eigenvalue weighted by Crippen LogP contribution is 2.43. The number of piperidine rings is 1. The lowest BCUT2D eigenvalue weighted by Gasteiger charge is -2.40. The van der Waals surface area contributed by atoms with Crippen molar-refractivity contribution in [2.45, 2.75) is 77.7 Å². The van der Waals surface area contributed by atoms with Gasteiger partial charge in [-0.2, -0.15) is 0 Å². The van der Waals surface area contributed by atoms with Gasteiger partial charge in [-0.25, -0.2) is 0 Å². The fourth-order valence-corrected chi connectivity index (χ4v) is 5.22. The zero-order valence-corrected chi connectivity index (χ0v) is 24.0. The first-order chi connectivity index (χ1) is 18.5. The number of aliphatic hydroxyl groups excluding tert-OH is 1. The van der Waals surface area contributed by atoms with Crippen LogP contribution in [-0.4, -0.2) is 80.0 Å². The van der Waals surface area contributed by atoms with Gasteiger partial charge in [0.1, 0.15) is 5.75 Å². The van der Waals surface area contributed by atoms with E-state index in [1.165, 1.54) is 0 Å². The van der Waals surface area contributed by atoms with Crippen LogP contribution in [0.15, 0.2) is 18.2 Å². The summed E-state index contributed by atoms with van der Waals surface area (Å²) in [5, 5.41) is 17.4. The largest absolute Gasteiger partial charge is 0.476 e. The zero-order chi connectivity index (χ0) is 28.5. The Hall–Kier alpha value is -2.69. The Morgan fingerprint density at radius 3 is 2.56 bits per heavy atom. The van der Waals surface area contributed by atoms with E-state index in [0.29, 0.717) is 43.2 Å². The molecule has 1 aromatic carbocycles. The molecule has 0 radical (unpaired) electrons. The molecule has 2 fully saturated rings. The molecular weight excluding hydrogens is 500 g/mol. The number of anilines is 2.